The molecule has 4 nitrogen and oxygen atoms in total. The fourth-order valence-electron chi connectivity index (χ4n) is 2.28. The maximum Gasteiger partial charge on any atom is 0.247 e. The number of ether oxygens (including phenoxy) is 1. The van der Waals surface area contributed by atoms with Gasteiger partial charge in [-0.2, -0.15) is 0 Å². The van der Waals surface area contributed by atoms with Crippen LogP contribution >= 0.6 is 0 Å². The second-order valence-corrected chi connectivity index (χ2v) is 5.01. The van der Waals surface area contributed by atoms with Crippen molar-refractivity contribution in [1.29, 1.82) is 0 Å². The topological polar surface area (TPSA) is 49.8 Å². The van der Waals surface area contributed by atoms with E-state index >= 15 is 0 Å². The van der Waals surface area contributed by atoms with E-state index in [1.165, 1.54) is 0 Å². The molecule has 1 aromatic carbocycles. The van der Waals surface area contributed by atoms with Gasteiger partial charge >= 0.3 is 0 Å². The monoisotopic (exact) mass is 275 g/mol. The van der Waals surface area contributed by atoms with Crippen LogP contribution in [0, 0.1) is 0 Å². The van der Waals surface area contributed by atoms with Crippen molar-refractivity contribution in [3.63, 3.8) is 0 Å². The quantitative estimate of drug-likeness (QED) is 0.809. The lowest BCUT2D eigenvalue weighted by atomic mass is 10.1. The van der Waals surface area contributed by atoms with Gasteiger partial charge in [-0.3, -0.25) is 4.79 Å². The molecule has 20 heavy (non-hydrogen) atoms. The molecule has 0 heterocycles. The standard InChI is InChI=1S/C16H21NO3/c1-12(14-5-3-4-6-15(14)20-2)11-16(19)17(9-10-18)13-7-8-13/h3-6,11,13,18H,7-10H2,1-2H3/b12-11+. The average molecular weight is 275 g/mol. The van der Waals surface area contributed by atoms with Crippen LogP contribution in [0.5, 0.6) is 5.75 Å². The number of rotatable bonds is 6. The minimum Gasteiger partial charge on any atom is -0.496 e. The number of aliphatic hydroxyl groups is 1. The molecule has 0 saturated heterocycles. The van der Waals surface area contributed by atoms with Gasteiger partial charge in [-0.15, -0.1) is 0 Å². The summed E-state index contributed by atoms with van der Waals surface area (Å²) in [6, 6.07) is 7.94. The summed E-state index contributed by atoms with van der Waals surface area (Å²) in [5, 5.41) is 9.06. The van der Waals surface area contributed by atoms with E-state index in [2.05, 4.69) is 0 Å². The summed E-state index contributed by atoms with van der Waals surface area (Å²) >= 11 is 0. The van der Waals surface area contributed by atoms with Crippen LogP contribution in [0.1, 0.15) is 25.3 Å². The van der Waals surface area contributed by atoms with Gasteiger partial charge < -0.3 is 14.7 Å². The van der Waals surface area contributed by atoms with E-state index in [1.807, 2.05) is 31.2 Å². The Kier molecular flexibility index (Phi) is 4.79. The highest BCUT2D eigenvalue weighted by Gasteiger charge is 2.31. The van der Waals surface area contributed by atoms with Crippen molar-refractivity contribution >= 4 is 11.5 Å². The molecule has 0 atom stereocenters. The molecule has 1 aromatic rings. The molecule has 0 radical (unpaired) electrons. The van der Waals surface area contributed by atoms with Crippen LogP contribution < -0.4 is 4.74 Å². The molecule has 108 valence electrons. The van der Waals surface area contributed by atoms with E-state index in [-0.39, 0.29) is 12.5 Å². The number of nitrogens with zero attached hydrogens (tertiary/aromatic N) is 1. The maximum atomic E-state index is 12.3. The first-order valence-electron chi connectivity index (χ1n) is 6.90. The molecule has 0 spiro atoms. The van der Waals surface area contributed by atoms with Crippen molar-refractivity contribution in [2.45, 2.75) is 25.8 Å². The SMILES string of the molecule is COc1ccccc1/C(C)=C/C(=O)N(CCO)C1CC1. The average Bonchev–Trinajstić information content (AvgIpc) is 3.28. The summed E-state index contributed by atoms with van der Waals surface area (Å²) < 4.78 is 5.31. The number of carbonyl (C=O) groups excluding carboxylic acids is 1. The van der Waals surface area contributed by atoms with Gasteiger partial charge in [-0.25, -0.2) is 0 Å². The number of amides is 1. The lowest BCUT2D eigenvalue weighted by Gasteiger charge is -2.20. The number of benzene rings is 1. The smallest absolute Gasteiger partial charge is 0.247 e. The third-order valence-electron chi connectivity index (χ3n) is 3.48. The molecule has 1 saturated carbocycles. The Balaban J connectivity index is 2.17. The number of methoxy groups -OCH3 is 1. The molecule has 1 fully saturated rings. The zero-order valence-corrected chi connectivity index (χ0v) is 12.0. The van der Waals surface area contributed by atoms with Gasteiger partial charge in [0.05, 0.1) is 13.7 Å². The molecule has 1 aliphatic rings. The van der Waals surface area contributed by atoms with Gasteiger partial charge in [0.25, 0.3) is 0 Å². The summed E-state index contributed by atoms with van der Waals surface area (Å²) in [6.45, 7) is 2.31. The van der Waals surface area contributed by atoms with Crippen molar-refractivity contribution < 1.29 is 14.6 Å². The Labute approximate surface area is 119 Å². The third-order valence-corrected chi connectivity index (χ3v) is 3.48. The molecule has 1 amide bonds. The summed E-state index contributed by atoms with van der Waals surface area (Å²) in [5.41, 5.74) is 1.79. The van der Waals surface area contributed by atoms with Crippen LogP contribution in [0.15, 0.2) is 30.3 Å². The second-order valence-electron chi connectivity index (χ2n) is 5.01. The first-order chi connectivity index (χ1) is 9.67. The molecule has 0 aliphatic heterocycles. The Morgan fingerprint density at radius 2 is 2.15 bits per heavy atom. The van der Waals surface area contributed by atoms with E-state index in [0.29, 0.717) is 12.6 Å². The highest BCUT2D eigenvalue weighted by Crippen LogP contribution is 2.29. The van der Waals surface area contributed by atoms with Crippen LogP contribution in [0.2, 0.25) is 0 Å². The predicted octanol–water partition coefficient (Wildman–Crippen LogP) is 2.08. The van der Waals surface area contributed by atoms with E-state index in [1.54, 1.807) is 18.1 Å². The minimum absolute atomic E-state index is 0.00376. The number of aliphatic hydroxyl groups excluding tert-OH is 1. The van der Waals surface area contributed by atoms with Crippen molar-refractivity contribution in [2.24, 2.45) is 0 Å². The highest BCUT2D eigenvalue weighted by molar-refractivity contribution is 5.95. The normalized spacial score (nSPS) is 15.1. The molecule has 2 rings (SSSR count). The minimum atomic E-state index is -0.0371. The number of hydrogen-bond acceptors (Lipinski definition) is 3. The summed E-state index contributed by atoms with van der Waals surface area (Å²) in [5.74, 6) is 0.721. The summed E-state index contributed by atoms with van der Waals surface area (Å²) in [6.07, 6.45) is 3.70. The van der Waals surface area contributed by atoms with Crippen LogP contribution in [-0.2, 0) is 4.79 Å². The zero-order chi connectivity index (χ0) is 14.5. The third kappa shape index (κ3) is 3.39. The van der Waals surface area contributed by atoms with Crippen LogP contribution in [0.3, 0.4) is 0 Å². The van der Waals surface area contributed by atoms with Crippen LogP contribution in [0.25, 0.3) is 5.57 Å². The summed E-state index contributed by atoms with van der Waals surface area (Å²) in [7, 11) is 1.62. The number of allylic oxidation sites excluding steroid dienone is 1. The Morgan fingerprint density at radius 3 is 2.75 bits per heavy atom. The number of hydrogen-bond donors (Lipinski definition) is 1. The lowest BCUT2D eigenvalue weighted by Crippen LogP contribution is -2.34. The Hall–Kier alpha value is -1.81. The molecular weight excluding hydrogens is 254 g/mol. The lowest BCUT2D eigenvalue weighted by molar-refractivity contribution is -0.127. The zero-order valence-electron chi connectivity index (χ0n) is 12.0. The van der Waals surface area contributed by atoms with Crippen molar-refractivity contribution in [1.82, 2.24) is 4.90 Å². The van der Waals surface area contributed by atoms with Gasteiger partial charge in [-0.1, -0.05) is 18.2 Å². The van der Waals surface area contributed by atoms with E-state index in [0.717, 1.165) is 29.7 Å². The molecule has 0 unspecified atom stereocenters. The predicted molar refractivity (Wildman–Crippen MR) is 78.5 cm³/mol. The van der Waals surface area contributed by atoms with E-state index < -0.39 is 0 Å². The van der Waals surface area contributed by atoms with Gasteiger partial charge in [0.15, 0.2) is 0 Å². The van der Waals surface area contributed by atoms with Crippen LogP contribution in [-0.4, -0.2) is 42.2 Å². The largest absolute Gasteiger partial charge is 0.496 e. The first kappa shape index (κ1) is 14.6. The van der Waals surface area contributed by atoms with Gasteiger partial charge in [0, 0.05) is 24.2 Å². The highest BCUT2D eigenvalue weighted by atomic mass is 16.5. The molecule has 0 aromatic heterocycles. The maximum absolute atomic E-state index is 12.3. The Bertz CT molecular complexity index is 506. The van der Waals surface area contributed by atoms with Crippen molar-refractivity contribution in [2.75, 3.05) is 20.3 Å². The van der Waals surface area contributed by atoms with Gasteiger partial charge in [-0.05, 0) is 31.4 Å². The molecule has 4 heteroatoms. The molecule has 0 bridgehead atoms. The van der Waals surface area contributed by atoms with Gasteiger partial charge in [0.1, 0.15) is 5.75 Å². The number of carbonyl (C=O) groups is 1. The van der Waals surface area contributed by atoms with Gasteiger partial charge in [0.2, 0.25) is 5.91 Å². The first-order valence-corrected chi connectivity index (χ1v) is 6.90. The van der Waals surface area contributed by atoms with E-state index in [4.69, 9.17) is 9.84 Å². The fraction of sp³-hybridized carbons (Fsp3) is 0.438. The molecular formula is C16H21NO3. The second kappa shape index (κ2) is 6.57. The molecule has 1 aliphatic carbocycles. The van der Waals surface area contributed by atoms with Crippen molar-refractivity contribution in [3.05, 3.63) is 35.9 Å². The molecule has 1 N–H and O–H groups in total. The van der Waals surface area contributed by atoms with E-state index in [9.17, 15) is 4.79 Å². The summed E-state index contributed by atoms with van der Waals surface area (Å²) in [4.78, 5) is 14.0. The van der Waals surface area contributed by atoms with Crippen molar-refractivity contribution in [3.8, 4) is 5.75 Å². The Morgan fingerprint density at radius 1 is 1.45 bits per heavy atom. The number of para-hydroxylation sites is 1. The fourth-order valence-corrected chi connectivity index (χ4v) is 2.28. The van der Waals surface area contributed by atoms with Crippen LogP contribution in [0.4, 0.5) is 0 Å².